The third-order valence-electron chi connectivity index (χ3n) is 4.17. The van der Waals surface area contributed by atoms with Crippen molar-refractivity contribution in [3.05, 3.63) is 48.0 Å². The van der Waals surface area contributed by atoms with Crippen LogP contribution in [0.1, 0.15) is 18.5 Å². The van der Waals surface area contributed by atoms with Crippen molar-refractivity contribution >= 4 is 16.7 Å². The number of fused-ring (bicyclic) bond motifs is 1. The van der Waals surface area contributed by atoms with E-state index in [9.17, 15) is 4.39 Å². The molecule has 0 saturated heterocycles. The van der Waals surface area contributed by atoms with Crippen LogP contribution in [-0.4, -0.2) is 31.3 Å². The number of ether oxygens (including phenoxy) is 3. The van der Waals surface area contributed by atoms with Gasteiger partial charge in [-0.2, -0.15) is 0 Å². The molecule has 0 amide bonds. The van der Waals surface area contributed by atoms with Crippen LogP contribution in [0.2, 0.25) is 0 Å². The summed E-state index contributed by atoms with van der Waals surface area (Å²) < 4.78 is 29.7. The Kier molecular flexibility index (Phi) is 5.06. The predicted molar refractivity (Wildman–Crippen MR) is 97.6 cm³/mol. The lowest BCUT2D eigenvalue weighted by Gasteiger charge is -2.19. The number of hydrogen-bond donors (Lipinski definition) is 1. The van der Waals surface area contributed by atoms with Gasteiger partial charge in [0.15, 0.2) is 11.6 Å². The van der Waals surface area contributed by atoms with E-state index in [2.05, 4.69) is 15.3 Å². The second-order valence-corrected chi connectivity index (χ2v) is 5.70. The molecule has 1 heterocycles. The Morgan fingerprint density at radius 3 is 2.42 bits per heavy atom. The van der Waals surface area contributed by atoms with E-state index in [1.54, 1.807) is 20.3 Å². The van der Waals surface area contributed by atoms with E-state index in [0.717, 1.165) is 17.1 Å². The summed E-state index contributed by atoms with van der Waals surface area (Å²) in [6.45, 7) is 1.98. The highest BCUT2D eigenvalue weighted by atomic mass is 19.1. The molecular weight excluding hydrogens is 337 g/mol. The molecule has 1 aromatic heterocycles. The number of hydrogen-bond acceptors (Lipinski definition) is 6. The normalized spacial score (nSPS) is 11.9. The topological polar surface area (TPSA) is 65.5 Å². The lowest BCUT2D eigenvalue weighted by Crippen LogP contribution is -2.10. The van der Waals surface area contributed by atoms with E-state index in [4.69, 9.17) is 14.2 Å². The van der Waals surface area contributed by atoms with Gasteiger partial charge in [0.2, 0.25) is 0 Å². The Hall–Kier alpha value is -3.09. The largest absolute Gasteiger partial charge is 0.497 e. The number of anilines is 1. The fraction of sp³-hybridized carbons (Fsp3) is 0.263. The number of nitrogens with one attached hydrogen (secondary N) is 1. The van der Waals surface area contributed by atoms with Gasteiger partial charge in [-0.15, -0.1) is 0 Å². The summed E-state index contributed by atoms with van der Waals surface area (Å²) in [7, 11) is 4.65. The molecule has 0 aliphatic rings. The molecule has 7 heteroatoms. The minimum Gasteiger partial charge on any atom is -0.497 e. The number of aromatic nitrogens is 2. The van der Waals surface area contributed by atoms with Crippen molar-refractivity contribution in [1.82, 2.24) is 9.97 Å². The molecule has 2 aromatic carbocycles. The number of nitrogens with zero attached hydrogens (tertiary/aromatic N) is 2. The fourth-order valence-electron chi connectivity index (χ4n) is 2.79. The summed E-state index contributed by atoms with van der Waals surface area (Å²) in [5.41, 5.74) is 1.40. The van der Waals surface area contributed by atoms with Crippen LogP contribution in [0.3, 0.4) is 0 Å². The molecule has 1 unspecified atom stereocenters. The van der Waals surface area contributed by atoms with E-state index in [1.807, 2.05) is 25.1 Å². The van der Waals surface area contributed by atoms with Crippen LogP contribution in [0.25, 0.3) is 10.9 Å². The highest BCUT2D eigenvalue weighted by Crippen LogP contribution is 2.33. The molecule has 3 rings (SSSR count). The zero-order valence-corrected chi connectivity index (χ0v) is 15.0. The van der Waals surface area contributed by atoms with Gasteiger partial charge in [-0.05, 0) is 31.2 Å². The maximum absolute atomic E-state index is 13.9. The highest BCUT2D eigenvalue weighted by Gasteiger charge is 2.16. The predicted octanol–water partition coefficient (Wildman–Crippen LogP) is 3.97. The molecule has 1 N–H and O–H groups in total. The second-order valence-electron chi connectivity index (χ2n) is 5.70. The summed E-state index contributed by atoms with van der Waals surface area (Å²) in [5.74, 6) is 1.71. The minimum atomic E-state index is -0.466. The molecule has 0 bridgehead atoms. The van der Waals surface area contributed by atoms with Crippen LogP contribution in [0.15, 0.2) is 36.7 Å². The first kappa shape index (κ1) is 17.7. The first-order chi connectivity index (χ1) is 12.6. The van der Waals surface area contributed by atoms with Crippen molar-refractivity contribution in [1.29, 1.82) is 0 Å². The van der Waals surface area contributed by atoms with Gasteiger partial charge in [-0.3, -0.25) is 0 Å². The maximum atomic E-state index is 13.9. The van der Waals surface area contributed by atoms with Gasteiger partial charge in [0.05, 0.1) is 32.9 Å². The molecule has 0 fully saturated rings. The Morgan fingerprint density at radius 1 is 0.962 bits per heavy atom. The summed E-state index contributed by atoms with van der Waals surface area (Å²) in [6.07, 6.45) is 1.39. The fourth-order valence-corrected chi connectivity index (χ4v) is 2.79. The van der Waals surface area contributed by atoms with Gasteiger partial charge >= 0.3 is 0 Å². The van der Waals surface area contributed by atoms with Crippen LogP contribution in [0.5, 0.6) is 17.2 Å². The Morgan fingerprint density at radius 2 is 1.73 bits per heavy atom. The molecule has 136 valence electrons. The second kappa shape index (κ2) is 7.43. The lowest BCUT2D eigenvalue weighted by atomic mass is 10.1. The first-order valence-corrected chi connectivity index (χ1v) is 8.04. The maximum Gasteiger partial charge on any atom is 0.167 e. The van der Waals surface area contributed by atoms with Gasteiger partial charge in [-0.25, -0.2) is 14.4 Å². The summed E-state index contributed by atoms with van der Waals surface area (Å²) in [4.78, 5) is 8.43. The average molecular weight is 357 g/mol. The van der Waals surface area contributed by atoms with Crippen molar-refractivity contribution in [3.8, 4) is 17.2 Å². The number of methoxy groups -OCH3 is 3. The van der Waals surface area contributed by atoms with Crippen LogP contribution in [0.4, 0.5) is 10.2 Å². The first-order valence-electron chi connectivity index (χ1n) is 8.04. The number of halogens is 1. The summed E-state index contributed by atoms with van der Waals surface area (Å²) >= 11 is 0. The molecule has 0 spiro atoms. The molecule has 0 radical (unpaired) electrons. The van der Waals surface area contributed by atoms with Crippen molar-refractivity contribution in [2.24, 2.45) is 0 Å². The average Bonchev–Trinajstić information content (AvgIpc) is 2.67. The van der Waals surface area contributed by atoms with Crippen molar-refractivity contribution in [2.75, 3.05) is 26.6 Å². The van der Waals surface area contributed by atoms with E-state index in [1.165, 1.54) is 19.5 Å². The zero-order valence-electron chi connectivity index (χ0n) is 15.0. The highest BCUT2D eigenvalue weighted by molar-refractivity contribution is 5.90. The zero-order chi connectivity index (χ0) is 18.7. The van der Waals surface area contributed by atoms with Crippen molar-refractivity contribution < 1.29 is 18.6 Å². The van der Waals surface area contributed by atoms with Crippen LogP contribution in [0, 0.1) is 5.82 Å². The standard InChI is InChI=1S/C19H20FN3O3/c1-11(13-7-12(24-2)5-6-17(13)25-3)23-19-14-8-18(26-4)15(20)9-16(14)21-10-22-19/h5-11H,1-4H3,(H,21,22,23). The quantitative estimate of drug-likeness (QED) is 0.720. The third-order valence-corrected chi connectivity index (χ3v) is 4.17. The van der Waals surface area contributed by atoms with Gasteiger partial charge in [0.1, 0.15) is 23.6 Å². The van der Waals surface area contributed by atoms with Crippen LogP contribution in [-0.2, 0) is 0 Å². The van der Waals surface area contributed by atoms with Crippen molar-refractivity contribution in [2.45, 2.75) is 13.0 Å². The van der Waals surface area contributed by atoms with Crippen molar-refractivity contribution in [3.63, 3.8) is 0 Å². The Bertz CT molecular complexity index is 933. The molecule has 26 heavy (non-hydrogen) atoms. The van der Waals surface area contributed by atoms with E-state index in [0.29, 0.717) is 16.7 Å². The molecule has 6 nitrogen and oxygen atoms in total. The third kappa shape index (κ3) is 3.33. The molecule has 0 aliphatic carbocycles. The van der Waals surface area contributed by atoms with E-state index < -0.39 is 5.82 Å². The van der Waals surface area contributed by atoms with Crippen LogP contribution < -0.4 is 19.5 Å². The summed E-state index contributed by atoms with van der Waals surface area (Å²) in [5, 5.41) is 4.00. The van der Waals surface area contributed by atoms with E-state index in [-0.39, 0.29) is 11.8 Å². The molecule has 1 atom stereocenters. The molecule has 0 aliphatic heterocycles. The lowest BCUT2D eigenvalue weighted by molar-refractivity contribution is 0.387. The SMILES string of the molecule is COc1ccc(OC)c(C(C)Nc2ncnc3cc(F)c(OC)cc23)c1. The van der Waals surface area contributed by atoms with Gasteiger partial charge in [0, 0.05) is 17.0 Å². The molecular formula is C19H20FN3O3. The van der Waals surface area contributed by atoms with Gasteiger partial charge in [0.25, 0.3) is 0 Å². The monoisotopic (exact) mass is 357 g/mol. The number of rotatable bonds is 6. The smallest absolute Gasteiger partial charge is 0.167 e. The van der Waals surface area contributed by atoms with Gasteiger partial charge in [-0.1, -0.05) is 0 Å². The van der Waals surface area contributed by atoms with E-state index >= 15 is 0 Å². The molecule has 0 saturated carbocycles. The Labute approximate surface area is 150 Å². The Balaban J connectivity index is 2.01. The van der Waals surface area contributed by atoms with Gasteiger partial charge < -0.3 is 19.5 Å². The minimum absolute atomic E-state index is 0.141. The number of benzene rings is 2. The van der Waals surface area contributed by atoms with Crippen LogP contribution >= 0.6 is 0 Å². The molecule has 3 aromatic rings. The summed E-state index contributed by atoms with van der Waals surface area (Å²) in [6, 6.07) is 8.36.